The molecule has 2 atom stereocenters. The molecule has 3 heteroatoms. The lowest BCUT2D eigenvalue weighted by molar-refractivity contribution is 0.142. The lowest BCUT2D eigenvalue weighted by atomic mass is 10.1. The highest BCUT2D eigenvalue weighted by Gasteiger charge is 2.12. The number of rotatable bonds is 7. The molecular weight excluding hydrogens is 202 g/mol. The van der Waals surface area contributed by atoms with E-state index >= 15 is 0 Å². The van der Waals surface area contributed by atoms with Gasteiger partial charge in [0.05, 0.1) is 0 Å². The Kier molecular flexibility index (Phi) is 5.29. The Bertz CT molecular complexity index is 319. The molecule has 0 radical (unpaired) electrons. The highest BCUT2D eigenvalue weighted by molar-refractivity contribution is 5.08. The van der Waals surface area contributed by atoms with Gasteiger partial charge in [0.15, 0.2) is 0 Å². The number of hydrogen-bond donors (Lipinski definition) is 2. The molecule has 1 rings (SSSR count). The van der Waals surface area contributed by atoms with Crippen molar-refractivity contribution in [2.45, 2.75) is 38.8 Å². The van der Waals surface area contributed by atoms with Crippen LogP contribution in [-0.2, 0) is 0 Å². The first-order chi connectivity index (χ1) is 7.63. The van der Waals surface area contributed by atoms with Gasteiger partial charge in [0.25, 0.3) is 0 Å². The van der Waals surface area contributed by atoms with Gasteiger partial charge in [-0.25, -0.2) is 0 Å². The van der Waals surface area contributed by atoms with E-state index in [1.807, 2.05) is 25.1 Å². The van der Waals surface area contributed by atoms with Crippen LogP contribution < -0.4 is 5.32 Å². The van der Waals surface area contributed by atoms with Gasteiger partial charge in [-0.05, 0) is 38.8 Å². The third-order valence-electron chi connectivity index (χ3n) is 2.55. The van der Waals surface area contributed by atoms with Gasteiger partial charge in [-0.2, -0.15) is 0 Å². The van der Waals surface area contributed by atoms with Crippen LogP contribution in [0.2, 0.25) is 0 Å². The molecule has 90 valence electrons. The zero-order valence-electron chi connectivity index (χ0n) is 10.1. The average molecular weight is 223 g/mol. The van der Waals surface area contributed by atoms with Crippen molar-refractivity contribution in [1.29, 1.82) is 0 Å². The van der Waals surface area contributed by atoms with E-state index in [-0.39, 0.29) is 0 Å². The van der Waals surface area contributed by atoms with Crippen molar-refractivity contribution >= 4 is 0 Å². The molecule has 0 saturated carbocycles. The third-order valence-corrected chi connectivity index (χ3v) is 2.55. The summed E-state index contributed by atoms with van der Waals surface area (Å²) in [4.78, 5) is 0. The van der Waals surface area contributed by atoms with Crippen LogP contribution in [-0.4, -0.2) is 17.7 Å². The van der Waals surface area contributed by atoms with E-state index in [0.717, 1.165) is 18.6 Å². The maximum Gasteiger partial charge on any atom is 0.133 e. The minimum absolute atomic E-state index is 0.378. The fourth-order valence-corrected chi connectivity index (χ4v) is 1.52. The normalized spacial score (nSPS) is 14.7. The predicted molar refractivity (Wildman–Crippen MR) is 65.3 cm³/mol. The van der Waals surface area contributed by atoms with Crippen LogP contribution in [0.5, 0.6) is 0 Å². The lowest BCUT2D eigenvalue weighted by Crippen LogP contribution is -2.30. The minimum atomic E-state index is -0.570. The summed E-state index contributed by atoms with van der Waals surface area (Å²) < 4.78 is 5.35. The second-order valence-corrected chi connectivity index (χ2v) is 4.14. The van der Waals surface area contributed by atoms with Crippen LogP contribution in [0.15, 0.2) is 29.2 Å². The van der Waals surface area contributed by atoms with Gasteiger partial charge in [-0.3, -0.25) is 0 Å². The summed E-state index contributed by atoms with van der Waals surface area (Å²) in [7, 11) is 0. The number of aliphatic hydroxyl groups excluding tert-OH is 1. The third kappa shape index (κ3) is 4.21. The summed E-state index contributed by atoms with van der Waals surface area (Å²) in [6.45, 7) is 8.18. The lowest BCUT2D eigenvalue weighted by Gasteiger charge is -2.15. The molecular formula is C13H21NO2. The van der Waals surface area contributed by atoms with E-state index in [4.69, 9.17) is 4.42 Å². The molecule has 0 aliphatic heterocycles. The topological polar surface area (TPSA) is 45.4 Å². The second-order valence-electron chi connectivity index (χ2n) is 4.14. The molecule has 0 bridgehead atoms. The van der Waals surface area contributed by atoms with Crippen molar-refractivity contribution in [3.8, 4) is 0 Å². The summed E-state index contributed by atoms with van der Waals surface area (Å²) >= 11 is 0. The Hall–Kier alpha value is -1.06. The summed E-state index contributed by atoms with van der Waals surface area (Å²) in [5.74, 6) is 1.45. The number of furan rings is 1. The summed E-state index contributed by atoms with van der Waals surface area (Å²) in [6, 6.07) is 4.05. The van der Waals surface area contributed by atoms with Crippen LogP contribution in [0.3, 0.4) is 0 Å². The molecule has 0 aliphatic rings. The monoisotopic (exact) mass is 223 g/mol. The van der Waals surface area contributed by atoms with Crippen LogP contribution in [0, 0.1) is 6.92 Å². The van der Waals surface area contributed by atoms with Crippen LogP contribution in [0.1, 0.15) is 37.4 Å². The van der Waals surface area contributed by atoms with Gasteiger partial charge in [-0.1, -0.05) is 6.08 Å². The molecule has 1 heterocycles. The Morgan fingerprint density at radius 3 is 2.88 bits per heavy atom. The van der Waals surface area contributed by atoms with E-state index in [2.05, 4.69) is 18.8 Å². The number of nitrogens with one attached hydrogen (secondary N) is 1. The quantitative estimate of drug-likeness (QED) is 0.698. The molecule has 1 aromatic rings. The molecule has 0 aromatic carbocycles. The van der Waals surface area contributed by atoms with E-state index in [9.17, 15) is 5.11 Å². The standard InChI is InChI=1S/C13H21NO2/c1-4-5-6-10(2)14-9-12(15)13-8-7-11(3)16-13/h4,7-8,10,12,14-15H,1,5-6,9H2,2-3H3. The average Bonchev–Trinajstić information content (AvgIpc) is 2.69. The predicted octanol–water partition coefficient (Wildman–Crippen LogP) is 2.57. The van der Waals surface area contributed by atoms with Crippen molar-refractivity contribution in [2.24, 2.45) is 0 Å². The molecule has 2 unspecified atom stereocenters. The maximum absolute atomic E-state index is 9.83. The van der Waals surface area contributed by atoms with Crippen molar-refractivity contribution in [3.05, 3.63) is 36.3 Å². The Labute approximate surface area is 97.2 Å². The van der Waals surface area contributed by atoms with Gasteiger partial charge in [0, 0.05) is 12.6 Å². The van der Waals surface area contributed by atoms with Crippen molar-refractivity contribution < 1.29 is 9.52 Å². The van der Waals surface area contributed by atoms with Gasteiger partial charge >= 0.3 is 0 Å². The Morgan fingerprint density at radius 2 is 2.31 bits per heavy atom. The Morgan fingerprint density at radius 1 is 1.56 bits per heavy atom. The van der Waals surface area contributed by atoms with Crippen molar-refractivity contribution in [1.82, 2.24) is 5.32 Å². The minimum Gasteiger partial charge on any atom is -0.464 e. The first-order valence-corrected chi connectivity index (χ1v) is 5.72. The molecule has 0 saturated heterocycles. The molecule has 0 amide bonds. The zero-order chi connectivity index (χ0) is 12.0. The Balaban J connectivity index is 2.29. The number of aliphatic hydroxyl groups is 1. The van der Waals surface area contributed by atoms with E-state index in [1.54, 1.807) is 0 Å². The molecule has 0 fully saturated rings. The molecule has 2 N–H and O–H groups in total. The highest BCUT2D eigenvalue weighted by atomic mass is 16.4. The largest absolute Gasteiger partial charge is 0.464 e. The fourth-order valence-electron chi connectivity index (χ4n) is 1.52. The van der Waals surface area contributed by atoms with Gasteiger partial charge in [-0.15, -0.1) is 6.58 Å². The number of aryl methyl sites for hydroxylation is 1. The smallest absolute Gasteiger partial charge is 0.133 e. The second kappa shape index (κ2) is 6.51. The SMILES string of the molecule is C=CCCC(C)NCC(O)c1ccc(C)o1. The summed E-state index contributed by atoms with van der Waals surface area (Å²) in [6.07, 6.45) is 3.36. The molecule has 16 heavy (non-hydrogen) atoms. The zero-order valence-corrected chi connectivity index (χ0v) is 10.1. The van der Waals surface area contributed by atoms with Crippen molar-refractivity contribution in [2.75, 3.05) is 6.54 Å². The summed E-state index contributed by atoms with van der Waals surface area (Å²) in [5.41, 5.74) is 0. The number of hydrogen-bond acceptors (Lipinski definition) is 3. The molecule has 1 aromatic heterocycles. The van der Waals surface area contributed by atoms with Crippen LogP contribution >= 0.6 is 0 Å². The van der Waals surface area contributed by atoms with Crippen LogP contribution in [0.25, 0.3) is 0 Å². The molecule has 3 nitrogen and oxygen atoms in total. The van der Waals surface area contributed by atoms with Crippen molar-refractivity contribution in [3.63, 3.8) is 0 Å². The van der Waals surface area contributed by atoms with Crippen LogP contribution in [0.4, 0.5) is 0 Å². The summed E-state index contributed by atoms with van der Waals surface area (Å²) in [5, 5.41) is 13.1. The first kappa shape index (κ1) is 13.0. The highest BCUT2D eigenvalue weighted by Crippen LogP contribution is 2.15. The van der Waals surface area contributed by atoms with Gasteiger partial charge in [0.1, 0.15) is 17.6 Å². The number of allylic oxidation sites excluding steroid dienone is 1. The van der Waals surface area contributed by atoms with Gasteiger partial charge < -0.3 is 14.8 Å². The molecule has 0 spiro atoms. The fraction of sp³-hybridized carbons (Fsp3) is 0.538. The molecule has 0 aliphatic carbocycles. The van der Waals surface area contributed by atoms with E-state index in [0.29, 0.717) is 18.3 Å². The maximum atomic E-state index is 9.83. The van der Waals surface area contributed by atoms with E-state index < -0.39 is 6.10 Å². The van der Waals surface area contributed by atoms with E-state index in [1.165, 1.54) is 0 Å². The van der Waals surface area contributed by atoms with Gasteiger partial charge in [0.2, 0.25) is 0 Å². The first-order valence-electron chi connectivity index (χ1n) is 5.72.